The van der Waals surface area contributed by atoms with Crippen molar-refractivity contribution in [2.75, 3.05) is 0 Å². The molecular weight excluding hydrogens is 264 g/mol. The lowest BCUT2D eigenvalue weighted by atomic mass is 9.96. The summed E-state index contributed by atoms with van der Waals surface area (Å²) in [5, 5.41) is 12.1. The first-order valence-corrected chi connectivity index (χ1v) is 6.89. The van der Waals surface area contributed by atoms with E-state index >= 15 is 0 Å². The molecule has 5 heteroatoms. The molecule has 3 heterocycles. The van der Waals surface area contributed by atoms with Crippen molar-refractivity contribution in [3.05, 3.63) is 60.2 Å². The van der Waals surface area contributed by atoms with Crippen molar-refractivity contribution in [1.29, 1.82) is 0 Å². The fraction of sp³-hybridized carbons (Fsp3) is 0.312. The molecule has 5 nitrogen and oxygen atoms in total. The Hall–Kier alpha value is -2.11. The second-order valence-electron chi connectivity index (χ2n) is 5.67. The molecule has 0 radical (unpaired) electrons. The summed E-state index contributed by atoms with van der Waals surface area (Å²) in [6, 6.07) is 11.2. The van der Waals surface area contributed by atoms with Crippen molar-refractivity contribution in [3.63, 3.8) is 0 Å². The predicted molar refractivity (Wildman–Crippen MR) is 80.1 cm³/mol. The Morgan fingerprint density at radius 3 is 1.81 bits per heavy atom. The van der Waals surface area contributed by atoms with Crippen LogP contribution in [0.4, 0.5) is 0 Å². The van der Waals surface area contributed by atoms with E-state index in [0.717, 1.165) is 5.71 Å². The third kappa shape index (κ3) is 1.89. The SMILES string of the molecule is CC1=NC(c2ccccn2)(c2ccccn2)N(O)C1(C)C. The second-order valence-corrected chi connectivity index (χ2v) is 5.67. The smallest absolute Gasteiger partial charge is 0.220 e. The van der Waals surface area contributed by atoms with E-state index in [4.69, 9.17) is 4.99 Å². The topological polar surface area (TPSA) is 61.6 Å². The number of pyridine rings is 2. The molecule has 1 aliphatic rings. The molecule has 108 valence electrons. The number of nitrogens with zero attached hydrogens (tertiary/aromatic N) is 4. The fourth-order valence-electron chi connectivity index (χ4n) is 2.59. The molecule has 21 heavy (non-hydrogen) atoms. The van der Waals surface area contributed by atoms with Gasteiger partial charge in [-0.25, -0.2) is 0 Å². The number of aromatic nitrogens is 2. The van der Waals surface area contributed by atoms with E-state index in [9.17, 15) is 5.21 Å². The Bertz CT molecular complexity index is 628. The molecule has 3 rings (SSSR count). The average molecular weight is 282 g/mol. The summed E-state index contributed by atoms with van der Waals surface area (Å²) in [4.78, 5) is 13.6. The maximum Gasteiger partial charge on any atom is 0.220 e. The molecule has 0 fully saturated rings. The normalized spacial score (nSPS) is 20.3. The summed E-state index contributed by atoms with van der Waals surface area (Å²) in [5.74, 6) is 0. The van der Waals surface area contributed by atoms with Crippen LogP contribution in [-0.2, 0) is 5.66 Å². The Morgan fingerprint density at radius 2 is 1.48 bits per heavy atom. The zero-order valence-corrected chi connectivity index (χ0v) is 12.4. The standard InChI is InChI=1S/C16H18N4O/c1-12-15(2,3)20(21)16(19-12,13-8-4-6-10-17-13)14-9-5-7-11-18-14/h4-11,21H,1-3H3. The number of hydroxylamine groups is 2. The van der Waals surface area contributed by atoms with E-state index in [-0.39, 0.29) is 0 Å². The van der Waals surface area contributed by atoms with E-state index in [1.165, 1.54) is 5.06 Å². The molecule has 0 bridgehead atoms. The van der Waals surface area contributed by atoms with Gasteiger partial charge in [0.05, 0.1) is 16.9 Å². The van der Waals surface area contributed by atoms with Crippen LogP contribution in [0, 0.1) is 0 Å². The first-order valence-electron chi connectivity index (χ1n) is 6.89. The van der Waals surface area contributed by atoms with Gasteiger partial charge >= 0.3 is 0 Å². The highest BCUT2D eigenvalue weighted by Gasteiger charge is 2.55. The first kappa shape index (κ1) is 13.9. The van der Waals surface area contributed by atoms with Gasteiger partial charge in [-0.3, -0.25) is 15.0 Å². The predicted octanol–water partition coefficient (Wildman–Crippen LogP) is 2.62. The minimum Gasteiger partial charge on any atom is -0.310 e. The van der Waals surface area contributed by atoms with Crippen LogP contribution < -0.4 is 0 Å². The number of hydrogen-bond acceptors (Lipinski definition) is 5. The van der Waals surface area contributed by atoms with Gasteiger partial charge in [-0.15, -0.1) is 5.06 Å². The maximum atomic E-state index is 10.9. The Balaban J connectivity index is 2.29. The van der Waals surface area contributed by atoms with Gasteiger partial charge in [-0.2, -0.15) is 0 Å². The molecule has 0 atom stereocenters. The van der Waals surface area contributed by atoms with Gasteiger partial charge in [-0.1, -0.05) is 12.1 Å². The van der Waals surface area contributed by atoms with Crippen molar-refractivity contribution < 1.29 is 5.21 Å². The molecule has 0 unspecified atom stereocenters. The molecule has 2 aromatic rings. The summed E-state index contributed by atoms with van der Waals surface area (Å²) in [6.07, 6.45) is 3.40. The largest absolute Gasteiger partial charge is 0.310 e. The number of hydrogen-bond donors (Lipinski definition) is 1. The molecule has 0 spiro atoms. The fourth-order valence-corrected chi connectivity index (χ4v) is 2.59. The van der Waals surface area contributed by atoms with Crippen LogP contribution in [0.15, 0.2) is 53.8 Å². The molecule has 1 N–H and O–H groups in total. The van der Waals surface area contributed by atoms with Crippen molar-refractivity contribution in [2.45, 2.75) is 32.0 Å². The summed E-state index contributed by atoms with van der Waals surface area (Å²) in [5.41, 5.74) is 0.444. The van der Waals surface area contributed by atoms with Crippen LogP contribution in [0.1, 0.15) is 32.2 Å². The quantitative estimate of drug-likeness (QED) is 0.919. The Labute approximate surface area is 124 Å². The van der Waals surface area contributed by atoms with Gasteiger partial charge in [0.15, 0.2) is 0 Å². The third-order valence-electron chi connectivity index (χ3n) is 4.10. The zero-order chi connectivity index (χ0) is 15.1. The van der Waals surface area contributed by atoms with Crippen LogP contribution >= 0.6 is 0 Å². The molecule has 0 aliphatic carbocycles. The molecule has 2 aromatic heterocycles. The van der Waals surface area contributed by atoms with Gasteiger partial charge in [-0.05, 0) is 45.0 Å². The molecule has 0 aromatic carbocycles. The Morgan fingerprint density at radius 1 is 0.952 bits per heavy atom. The average Bonchev–Trinajstić information content (AvgIpc) is 2.70. The van der Waals surface area contributed by atoms with Gasteiger partial charge in [0.2, 0.25) is 5.66 Å². The van der Waals surface area contributed by atoms with Crippen LogP contribution in [0.25, 0.3) is 0 Å². The van der Waals surface area contributed by atoms with Gasteiger partial charge in [0.1, 0.15) is 0 Å². The molecule has 1 aliphatic heterocycles. The van der Waals surface area contributed by atoms with Crippen LogP contribution in [0.2, 0.25) is 0 Å². The van der Waals surface area contributed by atoms with Crippen LogP contribution in [0.3, 0.4) is 0 Å². The number of rotatable bonds is 2. The monoisotopic (exact) mass is 282 g/mol. The van der Waals surface area contributed by atoms with Gasteiger partial charge < -0.3 is 5.21 Å². The van der Waals surface area contributed by atoms with Gasteiger partial charge in [0, 0.05) is 18.1 Å². The van der Waals surface area contributed by atoms with E-state index in [1.807, 2.05) is 57.2 Å². The van der Waals surface area contributed by atoms with Crippen LogP contribution in [0.5, 0.6) is 0 Å². The van der Waals surface area contributed by atoms with Crippen LogP contribution in [-0.4, -0.2) is 31.5 Å². The number of aliphatic imine (C=N–C) groups is 1. The van der Waals surface area contributed by atoms with Crippen molar-refractivity contribution in [1.82, 2.24) is 15.0 Å². The minimum atomic E-state index is -1.10. The van der Waals surface area contributed by atoms with Crippen molar-refractivity contribution in [3.8, 4) is 0 Å². The summed E-state index contributed by atoms with van der Waals surface area (Å²) >= 11 is 0. The lowest BCUT2D eigenvalue weighted by Crippen LogP contribution is -2.51. The highest BCUT2D eigenvalue weighted by Crippen LogP contribution is 2.44. The molecular formula is C16H18N4O. The lowest BCUT2D eigenvalue weighted by molar-refractivity contribution is -0.192. The second kappa shape index (κ2) is 4.72. The molecule has 0 saturated carbocycles. The van der Waals surface area contributed by atoms with E-state index in [1.54, 1.807) is 12.4 Å². The summed E-state index contributed by atoms with van der Waals surface area (Å²) in [7, 11) is 0. The third-order valence-corrected chi connectivity index (χ3v) is 4.10. The first-order chi connectivity index (χ1) is 9.99. The van der Waals surface area contributed by atoms with Crippen molar-refractivity contribution >= 4 is 5.71 Å². The Kier molecular flexibility index (Phi) is 3.11. The maximum absolute atomic E-state index is 10.9. The highest BCUT2D eigenvalue weighted by atomic mass is 16.5. The molecule has 0 amide bonds. The van der Waals surface area contributed by atoms with Gasteiger partial charge in [0.25, 0.3) is 0 Å². The minimum absolute atomic E-state index is 0.588. The zero-order valence-electron chi connectivity index (χ0n) is 12.4. The molecule has 0 saturated heterocycles. The van der Waals surface area contributed by atoms with Crippen molar-refractivity contribution in [2.24, 2.45) is 4.99 Å². The van der Waals surface area contributed by atoms with E-state index in [2.05, 4.69) is 9.97 Å². The van der Waals surface area contributed by atoms with E-state index in [0.29, 0.717) is 11.4 Å². The van der Waals surface area contributed by atoms with E-state index < -0.39 is 11.2 Å². The highest BCUT2D eigenvalue weighted by molar-refractivity contribution is 5.93. The summed E-state index contributed by atoms with van der Waals surface area (Å²) < 4.78 is 0. The summed E-state index contributed by atoms with van der Waals surface area (Å²) in [6.45, 7) is 5.77. The lowest BCUT2D eigenvalue weighted by Gasteiger charge is -2.37.